The maximum atomic E-state index is 12.2. The van der Waals surface area contributed by atoms with E-state index >= 15 is 0 Å². The molecule has 3 rings (SSSR count). The first kappa shape index (κ1) is 19.5. The van der Waals surface area contributed by atoms with Gasteiger partial charge in [0.05, 0.1) is 19.6 Å². The molecular formula is C21H23NO6. The number of rotatable bonds is 7. The molecule has 7 heteroatoms. The van der Waals surface area contributed by atoms with Crippen LogP contribution in [0.15, 0.2) is 42.5 Å². The number of fused-ring (bicyclic) bond motifs is 1. The minimum atomic E-state index is -0.304. The van der Waals surface area contributed by atoms with Crippen LogP contribution in [0.4, 0.5) is 0 Å². The first-order valence-corrected chi connectivity index (χ1v) is 9.02. The van der Waals surface area contributed by atoms with Gasteiger partial charge < -0.3 is 24.3 Å². The highest BCUT2D eigenvalue weighted by Gasteiger charge is 2.16. The van der Waals surface area contributed by atoms with E-state index in [9.17, 15) is 9.59 Å². The highest BCUT2D eigenvalue weighted by molar-refractivity contribution is 5.78. The molecule has 0 aromatic heterocycles. The number of carbonyl (C=O) groups excluding carboxylic acids is 2. The summed E-state index contributed by atoms with van der Waals surface area (Å²) in [6.07, 6.45) is 0.199. The monoisotopic (exact) mass is 385 g/mol. The van der Waals surface area contributed by atoms with Gasteiger partial charge in [0.15, 0.2) is 18.1 Å². The second-order valence-corrected chi connectivity index (χ2v) is 6.38. The second-order valence-electron chi connectivity index (χ2n) is 6.38. The molecule has 1 aliphatic rings. The van der Waals surface area contributed by atoms with Crippen molar-refractivity contribution in [3.05, 3.63) is 53.6 Å². The Balaban J connectivity index is 1.49. The van der Waals surface area contributed by atoms with Gasteiger partial charge >= 0.3 is 5.97 Å². The number of esters is 1. The Morgan fingerprint density at radius 1 is 1.07 bits per heavy atom. The molecular weight excluding hydrogens is 362 g/mol. The quantitative estimate of drug-likeness (QED) is 0.737. The van der Waals surface area contributed by atoms with E-state index in [-0.39, 0.29) is 30.9 Å². The van der Waals surface area contributed by atoms with Crippen molar-refractivity contribution in [2.24, 2.45) is 0 Å². The van der Waals surface area contributed by atoms with E-state index in [1.807, 2.05) is 25.1 Å². The Kier molecular flexibility index (Phi) is 6.37. The minimum Gasteiger partial charge on any atom is -0.486 e. The summed E-state index contributed by atoms with van der Waals surface area (Å²) in [5, 5.41) is 2.90. The molecule has 0 unspecified atom stereocenters. The van der Waals surface area contributed by atoms with E-state index in [4.69, 9.17) is 14.2 Å². The lowest BCUT2D eigenvalue weighted by Gasteiger charge is -2.21. The van der Waals surface area contributed by atoms with E-state index in [1.54, 1.807) is 24.3 Å². The molecule has 1 N–H and O–H groups in total. The van der Waals surface area contributed by atoms with Crippen molar-refractivity contribution < 1.29 is 28.5 Å². The van der Waals surface area contributed by atoms with E-state index in [0.29, 0.717) is 30.5 Å². The molecule has 0 radical (unpaired) electrons. The predicted molar refractivity (Wildman–Crippen MR) is 102 cm³/mol. The Hall–Kier alpha value is -3.22. The smallest absolute Gasteiger partial charge is 0.309 e. The van der Waals surface area contributed by atoms with Gasteiger partial charge in [0.1, 0.15) is 19.0 Å². The molecule has 0 spiro atoms. The van der Waals surface area contributed by atoms with Gasteiger partial charge in [-0.1, -0.05) is 18.2 Å². The van der Waals surface area contributed by atoms with E-state index in [1.165, 1.54) is 7.11 Å². The van der Waals surface area contributed by atoms with Crippen LogP contribution in [-0.4, -0.2) is 38.8 Å². The van der Waals surface area contributed by atoms with Crippen molar-refractivity contribution in [2.75, 3.05) is 26.9 Å². The third-order valence-corrected chi connectivity index (χ3v) is 4.31. The van der Waals surface area contributed by atoms with Crippen molar-refractivity contribution >= 4 is 11.9 Å². The van der Waals surface area contributed by atoms with Crippen LogP contribution in [0.1, 0.15) is 24.1 Å². The number of hydrogen-bond acceptors (Lipinski definition) is 6. The van der Waals surface area contributed by atoms with Gasteiger partial charge in [-0.05, 0) is 42.3 Å². The standard InChI is InChI=1S/C21H23NO6/c1-14(16-5-8-18-19(12-16)27-10-9-26-18)22-20(23)13-28-17-6-3-15(4-7-17)11-21(24)25-2/h3-8,12,14H,9-11,13H2,1-2H3,(H,22,23)/t14-/m1/s1. The molecule has 2 aromatic rings. The molecule has 28 heavy (non-hydrogen) atoms. The van der Waals surface area contributed by atoms with Crippen molar-refractivity contribution in [1.82, 2.24) is 5.32 Å². The fraction of sp³-hybridized carbons (Fsp3) is 0.333. The number of amides is 1. The molecule has 1 heterocycles. The van der Waals surface area contributed by atoms with Crippen LogP contribution in [0, 0.1) is 0 Å². The number of hydrogen-bond donors (Lipinski definition) is 1. The summed E-state index contributed by atoms with van der Waals surface area (Å²) in [6.45, 7) is 2.85. The molecule has 0 saturated carbocycles. The third-order valence-electron chi connectivity index (χ3n) is 4.31. The summed E-state index contributed by atoms with van der Waals surface area (Å²) in [5.41, 5.74) is 1.74. The van der Waals surface area contributed by atoms with Crippen LogP contribution in [0.3, 0.4) is 0 Å². The number of nitrogens with one attached hydrogen (secondary N) is 1. The summed E-state index contributed by atoms with van der Waals surface area (Å²) in [7, 11) is 1.35. The number of carbonyl (C=O) groups is 2. The lowest BCUT2D eigenvalue weighted by Crippen LogP contribution is -2.31. The number of benzene rings is 2. The molecule has 1 aliphatic heterocycles. The Morgan fingerprint density at radius 2 is 1.79 bits per heavy atom. The van der Waals surface area contributed by atoms with Gasteiger partial charge in [-0.15, -0.1) is 0 Å². The fourth-order valence-electron chi connectivity index (χ4n) is 2.79. The van der Waals surface area contributed by atoms with Gasteiger partial charge in [0.2, 0.25) is 0 Å². The summed E-state index contributed by atoms with van der Waals surface area (Å²) in [4.78, 5) is 23.4. The van der Waals surface area contributed by atoms with Crippen LogP contribution in [0.25, 0.3) is 0 Å². The highest BCUT2D eigenvalue weighted by Crippen LogP contribution is 2.32. The summed E-state index contributed by atoms with van der Waals surface area (Å²) in [6, 6.07) is 12.4. The second kappa shape index (κ2) is 9.12. The fourth-order valence-corrected chi connectivity index (χ4v) is 2.79. The molecule has 1 amide bonds. The van der Waals surface area contributed by atoms with E-state index in [2.05, 4.69) is 10.1 Å². The number of ether oxygens (including phenoxy) is 4. The normalized spacial score (nSPS) is 13.4. The molecule has 0 aliphatic carbocycles. The maximum Gasteiger partial charge on any atom is 0.309 e. The first-order valence-electron chi connectivity index (χ1n) is 9.02. The van der Waals surface area contributed by atoms with E-state index < -0.39 is 0 Å². The zero-order valence-electron chi connectivity index (χ0n) is 15.9. The van der Waals surface area contributed by atoms with Gasteiger partial charge in [0.25, 0.3) is 5.91 Å². The van der Waals surface area contributed by atoms with Crippen LogP contribution in [0.5, 0.6) is 17.2 Å². The molecule has 0 bridgehead atoms. The average molecular weight is 385 g/mol. The zero-order chi connectivity index (χ0) is 19.9. The minimum absolute atomic E-state index is 0.106. The van der Waals surface area contributed by atoms with Gasteiger partial charge in [-0.3, -0.25) is 9.59 Å². The van der Waals surface area contributed by atoms with Crippen LogP contribution in [-0.2, 0) is 20.7 Å². The summed E-state index contributed by atoms with van der Waals surface area (Å²) < 4.78 is 21.2. The lowest BCUT2D eigenvalue weighted by atomic mass is 10.1. The van der Waals surface area contributed by atoms with Crippen LogP contribution in [0.2, 0.25) is 0 Å². The Bertz CT molecular complexity index is 833. The highest BCUT2D eigenvalue weighted by atomic mass is 16.6. The van der Waals surface area contributed by atoms with Gasteiger partial charge in [0, 0.05) is 0 Å². The van der Waals surface area contributed by atoms with Crippen molar-refractivity contribution in [3.63, 3.8) is 0 Å². The molecule has 0 fully saturated rings. The molecule has 2 aromatic carbocycles. The molecule has 148 valence electrons. The van der Waals surface area contributed by atoms with Gasteiger partial charge in [-0.2, -0.15) is 0 Å². The first-order chi connectivity index (χ1) is 13.5. The van der Waals surface area contributed by atoms with Crippen LogP contribution < -0.4 is 19.5 Å². The van der Waals surface area contributed by atoms with Crippen molar-refractivity contribution in [1.29, 1.82) is 0 Å². The Morgan fingerprint density at radius 3 is 2.50 bits per heavy atom. The maximum absolute atomic E-state index is 12.2. The zero-order valence-corrected chi connectivity index (χ0v) is 15.9. The molecule has 7 nitrogen and oxygen atoms in total. The largest absolute Gasteiger partial charge is 0.486 e. The van der Waals surface area contributed by atoms with Crippen LogP contribution >= 0.6 is 0 Å². The van der Waals surface area contributed by atoms with Crippen molar-refractivity contribution in [3.8, 4) is 17.2 Å². The SMILES string of the molecule is COC(=O)Cc1ccc(OCC(=O)N[C@H](C)c2ccc3c(c2)OCCO3)cc1. The Labute approximate surface area is 163 Å². The number of methoxy groups -OCH3 is 1. The average Bonchev–Trinajstić information content (AvgIpc) is 2.72. The topological polar surface area (TPSA) is 83.1 Å². The lowest BCUT2D eigenvalue weighted by molar-refractivity contribution is -0.139. The third kappa shape index (κ3) is 5.16. The molecule has 0 saturated heterocycles. The van der Waals surface area contributed by atoms with E-state index in [0.717, 1.165) is 11.1 Å². The summed E-state index contributed by atoms with van der Waals surface area (Å²) >= 11 is 0. The predicted octanol–water partition coefficient (Wildman–Crippen LogP) is 2.43. The van der Waals surface area contributed by atoms with Gasteiger partial charge in [-0.25, -0.2) is 0 Å². The summed E-state index contributed by atoms with van der Waals surface area (Å²) in [5.74, 6) is 1.42. The van der Waals surface area contributed by atoms with Crippen molar-refractivity contribution in [2.45, 2.75) is 19.4 Å². The molecule has 1 atom stereocenters.